The molecule has 0 fully saturated rings. The maximum atomic E-state index is 14.0. The molecule has 0 aliphatic heterocycles. The molecule has 8 heteroatoms. The molecule has 26 heavy (non-hydrogen) atoms. The van der Waals surface area contributed by atoms with Gasteiger partial charge in [0.25, 0.3) is 5.56 Å². The molecule has 0 spiro atoms. The van der Waals surface area contributed by atoms with Crippen LogP contribution in [0.1, 0.15) is 21.6 Å². The zero-order valence-corrected chi connectivity index (χ0v) is 14.4. The standard InChI is InChI=1S/C18H16FN3O4/c1-10-8-12(17(24)26-3)14-15(20-10)21(2)18(25)22(16(14)23)9-11-6-4-5-7-13(11)19/h4-8H,9H2,1-3H3. The highest BCUT2D eigenvalue weighted by Gasteiger charge is 2.21. The molecular formula is C18H16FN3O4. The molecule has 0 unspecified atom stereocenters. The average molecular weight is 357 g/mol. The molecule has 0 bridgehead atoms. The number of pyridine rings is 1. The summed E-state index contributed by atoms with van der Waals surface area (Å²) in [5, 5.41) is -0.0408. The molecule has 3 aromatic rings. The molecule has 0 atom stereocenters. The van der Waals surface area contributed by atoms with E-state index in [0.29, 0.717) is 5.69 Å². The first-order valence-corrected chi connectivity index (χ1v) is 7.78. The molecular weight excluding hydrogens is 341 g/mol. The van der Waals surface area contributed by atoms with Crippen molar-refractivity contribution in [3.63, 3.8) is 0 Å². The van der Waals surface area contributed by atoms with Crippen molar-refractivity contribution in [2.75, 3.05) is 7.11 Å². The Hall–Kier alpha value is -3.29. The summed E-state index contributed by atoms with van der Waals surface area (Å²) in [6.45, 7) is 1.38. The van der Waals surface area contributed by atoms with Gasteiger partial charge in [-0.15, -0.1) is 0 Å². The quantitative estimate of drug-likeness (QED) is 0.661. The van der Waals surface area contributed by atoms with Crippen molar-refractivity contribution in [2.24, 2.45) is 7.05 Å². The number of carbonyl (C=O) groups is 1. The zero-order valence-electron chi connectivity index (χ0n) is 14.4. The minimum atomic E-state index is -0.723. The normalized spacial score (nSPS) is 10.9. The summed E-state index contributed by atoms with van der Waals surface area (Å²) >= 11 is 0. The zero-order chi connectivity index (χ0) is 19.0. The molecule has 3 rings (SSSR count). The Morgan fingerprint density at radius 3 is 2.62 bits per heavy atom. The Balaban J connectivity index is 2.37. The van der Waals surface area contributed by atoms with Gasteiger partial charge in [0, 0.05) is 18.3 Å². The number of methoxy groups -OCH3 is 1. The molecule has 2 aromatic heterocycles. The SMILES string of the molecule is COC(=O)c1cc(C)nc2c1c(=O)n(Cc1ccccc1F)c(=O)n2C. The largest absolute Gasteiger partial charge is 0.465 e. The summed E-state index contributed by atoms with van der Waals surface area (Å²) in [6.07, 6.45) is 0. The molecule has 134 valence electrons. The van der Waals surface area contributed by atoms with Crippen LogP contribution in [0.5, 0.6) is 0 Å². The summed E-state index contributed by atoms with van der Waals surface area (Å²) in [6, 6.07) is 7.28. The van der Waals surface area contributed by atoms with E-state index in [2.05, 4.69) is 4.98 Å². The van der Waals surface area contributed by atoms with E-state index >= 15 is 0 Å². The van der Waals surface area contributed by atoms with E-state index in [1.807, 2.05) is 0 Å². The fourth-order valence-corrected chi connectivity index (χ4v) is 2.81. The number of aryl methyl sites for hydroxylation is 2. The molecule has 2 heterocycles. The van der Waals surface area contributed by atoms with Gasteiger partial charge in [-0.05, 0) is 19.1 Å². The lowest BCUT2D eigenvalue weighted by atomic mass is 10.1. The Kier molecular flexibility index (Phi) is 4.41. The second kappa shape index (κ2) is 6.55. The lowest BCUT2D eigenvalue weighted by molar-refractivity contribution is 0.0602. The van der Waals surface area contributed by atoms with Crippen LogP contribution >= 0.6 is 0 Å². The Bertz CT molecular complexity index is 1150. The second-order valence-electron chi connectivity index (χ2n) is 5.83. The van der Waals surface area contributed by atoms with Gasteiger partial charge in [-0.3, -0.25) is 13.9 Å². The van der Waals surface area contributed by atoms with Gasteiger partial charge >= 0.3 is 11.7 Å². The molecule has 0 saturated carbocycles. The number of hydrogen-bond acceptors (Lipinski definition) is 5. The van der Waals surface area contributed by atoms with Gasteiger partial charge in [-0.2, -0.15) is 0 Å². The van der Waals surface area contributed by atoms with E-state index in [0.717, 1.165) is 9.13 Å². The van der Waals surface area contributed by atoms with Crippen molar-refractivity contribution in [1.29, 1.82) is 0 Å². The van der Waals surface area contributed by atoms with Crippen LogP contribution in [-0.2, 0) is 18.3 Å². The predicted molar refractivity (Wildman–Crippen MR) is 92.8 cm³/mol. The first-order chi connectivity index (χ1) is 12.3. The molecule has 0 aliphatic carbocycles. The van der Waals surface area contributed by atoms with Crippen LogP contribution < -0.4 is 11.2 Å². The number of carbonyl (C=O) groups excluding carboxylic acids is 1. The molecule has 1 aromatic carbocycles. The van der Waals surface area contributed by atoms with Gasteiger partial charge in [0.15, 0.2) is 0 Å². The Morgan fingerprint density at radius 2 is 1.96 bits per heavy atom. The number of fused-ring (bicyclic) bond motifs is 1. The van der Waals surface area contributed by atoms with Gasteiger partial charge in [-0.1, -0.05) is 18.2 Å². The number of aromatic nitrogens is 3. The van der Waals surface area contributed by atoms with Crippen LogP contribution in [0.3, 0.4) is 0 Å². The number of halogens is 1. The number of benzene rings is 1. The van der Waals surface area contributed by atoms with Gasteiger partial charge in [0.1, 0.15) is 11.5 Å². The highest BCUT2D eigenvalue weighted by Crippen LogP contribution is 2.15. The third-order valence-electron chi connectivity index (χ3n) is 4.11. The number of ether oxygens (including phenoxy) is 1. The number of esters is 1. The highest BCUT2D eigenvalue weighted by molar-refractivity contribution is 6.02. The summed E-state index contributed by atoms with van der Waals surface area (Å²) in [7, 11) is 2.64. The molecule has 0 aliphatic rings. The number of rotatable bonds is 3. The van der Waals surface area contributed by atoms with Crippen molar-refractivity contribution in [2.45, 2.75) is 13.5 Å². The summed E-state index contributed by atoms with van der Waals surface area (Å²) in [5.41, 5.74) is -0.646. The smallest absolute Gasteiger partial charge is 0.338 e. The molecule has 0 amide bonds. The van der Waals surface area contributed by atoms with E-state index in [9.17, 15) is 18.8 Å². The van der Waals surface area contributed by atoms with Gasteiger partial charge in [0.2, 0.25) is 0 Å². The molecule has 0 saturated heterocycles. The van der Waals surface area contributed by atoms with E-state index < -0.39 is 23.0 Å². The van der Waals surface area contributed by atoms with Crippen LogP contribution in [0.25, 0.3) is 11.0 Å². The molecule has 0 radical (unpaired) electrons. The van der Waals surface area contributed by atoms with E-state index in [1.165, 1.54) is 38.4 Å². The summed E-state index contributed by atoms with van der Waals surface area (Å²) in [5.74, 6) is -1.24. The number of nitrogens with zero attached hydrogens (tertiary/aromatic N) is 3. The highest BCUT2D eigenvalue weighted by atomic mass is 19.1. The molecule has 7 nitrogen and oxygen atoms in total. The van der Waals surface area contributed by atoms with Gasteiger partial charge in [-0.25, -0.2) is 19.0 Å². The van der Waals surface area contributed by atoms with Crippen LogP contribution in [0, 0.1) is 12.7 Å². The van der Waals surface area contributed by atoms with Crippen molar-refractivity contribution in [1.82, 2.24) is 14.1 Å². The molecule has 0 N–H and O–H groups in total. The summed E-state index contributed by atoms with van der Waals surface area (Å²) in [4.78, 5) is 41.9. The third-order valence-corrected chi connectivity index (χ3v) is 4.11. The monoisotopic (exact) mass is 357 g/mol. The fraction of sp³-hybridized carbons (Fsp3) is 0.222. The Morgan fingerprint density at radius 1 is 1.27 bits per heavy atom. The predicted octanol–water partition coefficient (Wildman–Crippen LogP) is 1.38. The third kappa shape index (κ3) is 2.79. The first-order valence-electron chi connectivity index (χ1n) is 7.78. The van der Waals surface area contributed by atoms with Crippen molar-refractivity contribution in [3.8, 4) is 0 Å². The van der Waals surface area contributed by atoms with Gasteiger partial charge in [0.05, 0.1) is 24.6 Å². The van der Waals surface area contributed by atoms with E-state index in [1.54, 1.807) is 13.0 Å². The van der Waals surface area contributed by atoms with Gasteiger partial charge < -0.3 is 4.74 Å². The topological polar surface area (TPSA) is 83.2 Å². The van der Waals surface area contributed by atoms with Crippen LogP contribution in [0.15, 0.2) is 39.9 Å². The van der Waals surface area contributed by atoms with E-state index in [4.69, 9.17) is 4.74 Å². The second-order valence-corrected chi connectivity index (χ2v) is 5.83. The minimum absolute atomic E-state index is 0.0119. The first kappa shape index (κ1) is 17.5. The van der Waals surface area contributed by atoms with Crippen LogP contribution in [0.4, 0.5) is 4.39 Å². The Labute approximate surface area is 147 Å². The van der Waals surface area contributed by atoms with Crippen LogP contribution in [0.2, 0.25) is 0 Å². The number of hydrogen-bond donors (Lipinski definition) is 0. The minimum Gasteiger partial charge on any atom is -0.465 e. The van der Waals surface area contributed by atoms with Crippen molar-refractivity contribution < 1.29 is 13.9 Å². The lowest BCUT2D eigenvalue weighted by Gasteiger charge is -2.13. The van der Waals surface area contributed by atoms with Crippen LogP contribution in [-0.4, -0.2) is 27.2 Å². The fourth-order valence-electron chi connectivity index (χ4n) is 2.81. The van der Waals surface area contributed by atoms with Crippen molar-refractivity contribution >= 4 is 17.0 Å². The average Bonchev–Trinajstić information content (AvgIpc) is 2.63. The van der Waals surface area contributed by atoms with E-state index in [-0.39, 0.29) is 28.7 Å². The summed E-state index contributed by atoms with van der Waals surface area (Å²) < 4.78 is 20.7. The maximum Gasteiger partial charge on any atom is 0.338 e. The van der Waals surface area contributed by atoms with Crippen molar-refractivity contribution in [3.05, 3.63) is 73.8 Å². The lowest BCUT2D eigenvalue weighted by Crippen LogP contribution is -2.40. The maximum absolute atomic E-state index is 14.0.